The lowest BCUT2D eigenvalue weighted by Crippen LogP contribution is -2.50. The van der Waals surface area contributed by atoms with Gasteiger partial charge >= 0.3 is 0 Å². The van der Waals surface area contributed by atoms with Crippen LogP contribution >= 0.6 is 11.6 Å². The summed E-state index contributed by atoms with van der Waals surface area (Å²) in [4.78, 5) is 2.02. The van der Waals surface area contributed by atoms with E-state index in [9.17, 15) is 5.11 Å². The fraction of sp³-hybridized carbons (Fsp3) is 0.250. The summed E-state index contributed by atoms with van der Waals surface area (Å²) in [5.74, 6) is -0.647. The SMILES string of the molecule is CN1c2ccccc2O[C@](C)(O)[C@@H]1c1cccc(Cl)c1. The maximum atomic E-state index is 10.7. The minimum absolute atomic E-state index is 0.323. The van der Waals surface area contributed by atoms with E-state index < -0.39 is 5.79 Å². The van der Waals surface area contributed by atoms with Crippen LogP contribution in [0.5, 0.6) is 5.75 Å². The van der Waals surface area contributed by atoms with Crippen molar-refractivity contribution in [3.05, 3.63) is 59.1 Å². The van der Waals surface area contributed by atoms with Crippen LogP contribution in [-0.2, 0) is 0 Å². The second kappa shape index (κ2) is 4.69. The standard InChI is InChI=1S/C16H16ClNO2/c1-16(19)15(11-6-5-7-12(17)10-11)18(2)13-8-3-4-9-14(13)20-16/h3-10,15,19H,1-2H3/t15-,16-/m0/s1. The highest BCUT2D eigenvalue weighted by Gasteiger charge is 2.43. The number of nitrogens with zero attached hydrogens (tertiary/aromatic N) is 1. The van der Waals surface area contributed by atoms with Gasteiger partial charge in [-0.15, -0.1) is 0 Å². The van der Waals surface area contributed by atoms with Crippen molar-refractivity contribution in [3.63, 3.8) is 0 Å². The molecule has 2 aromatic rings. The first-order chi connectivity index (χ1) is 9.49. The van der Waals surface area contributed by atoms with Crippen molar-refractivity contribution < 1.29 is 9.84 Å². The van der Waals surface area contributed by atoms with Gasteiger partial charge in [0.15, 0.2) is 0 Å². The third-order valence-corrected chi connectivity index (χ3v) is 3.86. The van der Waals surface area contributed by atoms with Crippen molar-refractivity contribution in [1.82, 2.24) is 0 Å². The summed E-state index contributed by atoms with van der Waals surface area (Å²) < 4.78 is 5.77. The Morgan fingerprint density at radius 1 is 1.20 bits per heavy atom. The normalized spacial score (nSPS) is 25.0. The van der Waals surface area contributed by atoms with Gasteiger partial charge in [0, 0.05) is 19.0 Å². The maximum absolute atomic E-state index is 10.7. The van der Waals surface area contributed by atoms with Crippen LogP contribution in [0, 0.1) is 0 Å². The molecular formula is C16H16ClNO2. The fourth-order valence-electron chi connectivity index (χ4n) is 2.82. The Labute approximate surface area is 123 Å². The summed E-state index contributed by atoms with van der Waals surface area (Å²) in [6, 6.07) is 14.8. The van der Waals surface area contributed by atoms with Gasteiger partial charge in [-0.2, -0.15) is 0 Å². The fourth-order valence-corrected chi connectivity index (χ4v) is 3.02. The molecule has 4 heteroatoms. The number of halogens is 1. The molecule has 3 nitrogen and oxygen atoms in total. The van der Waals surface area contributed by atoms with Gasteiger partial charge in [-0.05, 0) is 29.8 Å². The summed E-state index contributed by atoms with van der Waals surface area (Å²) in [7, 11) is 1.95. The third kappa shape index (κ3) is 2.13. The Hall–Kier alpha value is -1.71. The van der Waals surface area contributed by atoms with E-state index in [4.69, 9.17) is 16.3 Å². The molecule has 0 radical (unpaired) electrons. The van der Waals surface area contributed by atoms with Gasteiger partial charge in [-0.25, -0.2) is 0 Å². The van der Waals surface area contributed by atoms with Gasteiger partial charge in [0.25, 0.3) is 0 Å². The molecule has 104 valence electrons. The number of aliphatic hydroxyl groups is 1. The number of para-hydroxylation sites is 2. The third-order valence-electron chi connectivity index (χ3n) is 3.62. The van der Waals surface area contributed by atoms with E-state index in [1.54, 1.807) is 6.92 Å². The summed E-state index contributed by atoms with van der Waals surface area (Å²) in [5, 5.41) is 11.3. The lowest BCUT2D eigenvalue weighted by atomic mass is 9.95. The molecule has 1 aliphatic rings. The highest BCUT2D eigenvalue weighted by atomic mass is 35.5. The monoisotopic (exact) mass is 289 g/mol. The molecule has 20 heavy (non-hydrogen) atoms. The van der Waals surface area contributed by atoms with Crippen LogP contribution in [0.1, 0.15) is 18.5 Å². The lowest BCUT2D eigenvalue weighted by molar-refractivity contribution is -0.146. The van der Waals surface area contributed by atoms with E-state index >= 15 is 0 Å². The molecule has 0 saturated carbocycles. The number of likely N-dealkylation sites (N-methyl/N-ethyl adjacent to an activating group) is 1. The van der Waals surface area contributed by atoms with Crippen LogP contribution in [0.4, 0.5) is 5.69 Å². The number of hydrogen-bond donors (Lipinski definition) is 1. The van der Waals surface area contributed by atoms with Gasteiger partial charge in [0.2, 0.25) is 5.79 Å². The molecule has 0 unspecified atom stereocenters. The molecule has 2 aromatic carbocycles. The Kier molecular flexibility index (Phi) is 3.11. The van der Waals surface area contributed by atoms with Crippen LogP contribution in [0.2, 0.25) is 5.02 Å². The number of anilines is 1. The van der Waals surface area contributed by atoms with Gasteiger partial charge in [-0.3, -0.25) is 0 Å². The van der Waals surface area contributed by atoms with Crippen molar-refractivity contribution in [2.75, 3.05) is 11.9 Å². The lowest BCUT2D eigenvalue weighted by Gasteiger charge is -2.45. The summed E-state index contributed by atoms with van der Waals surface area (Å²) in [5.41, 5.74) is 1.86. The molecule has 0 fully saturated rings. The largest absolute Gasteiger partial charge is 0.458 e. The summed E-state index contributed by atoms with van der Waals surface area (Å²) in [6.07, 6.45) is 0. The molecule has 1 heterocycles. The first-order valence-electron chi connectivity index (χ1n) is 6.48. The predicted molar refractivity (Wildman–Crippen MR) is 80.3 cm³/mol. The van der Waals surface area contributed by atoms with Crippen LogP contribution in [0.3, 0.4) is 0 Å². The first kappa shape index (κ1) is 13.3. The van der Waals surface area contributed by atoms with Gasteiger partial charge in [0.05, 0.1) is 5.69 Å². The second-order valence-electron chi connectivity index (χ2n) is 5.19. The zero-order valence-electron chi connectivity index (χ0n) is 11.4. The van der Waals surface area contributed by atoms with Crippen molar-refractivity contribution >= 4 is 17.3 Å². The van der Waals surface area contributed by atoms with E-state index in [0.29, 0.717) is 10.8 Å². The molecule has 0 saturated heterocycles. The summed E-state index contributed by atoms with van der Waals surface area (Å²) >= 11 is 6.06. The molecule has 0 aliphatic carbocycles. The smallest absolute Gasteiger partial charge is 0.230 e. The molecule has 3 rings (SSSR count). The van der Waals surface area contributed by atoms with Crippen LogP contribution in [-0.4, -0.2) is 17.9 Å². The van der Waals surface area contributed by atoms with Crippen molar-refractivity contribution in [2.24, 2.45) is 0 Å². The van der Waals surface area contributed by atoms with Crippen LogP contribution in [0.25, 0.3) is 0 Å². The Morgan fingerprint density at radius 3 is 2.70 bits per heavy atom. The van der Waals surface area contributed by atoms with Gasteiger partial charge < -0.3 is 14.7 Å². The molecule has 1 aliphatic heterocycles. The highest BCUT2D eigenvalue weighted by Crippen LogP contribution is 2.45. The zero-order valence-corrected chi connectivity index (χ0v) is 12.1. The topological polar surface area (TPSA) is 32.7 Å². The zero-order chi connectivity index (χ0) is 14.3. The predicted octanol–water partition coefficient (Wildman–Crippen LogP) is 3.62. The number of rotatable bonds is 1. The molecule has 2 atom stereocenters. The number of fused-ring (bicyclic) bond motifs is 1. The minimum atomic E-state index is -1.33. The number of ether oxygens (including phenoxy) is 1. The second-order valence-corrected chi connectivity index (χ2v) is 5.63. The van der Waals surface area contributed by atoms with Crippen LogP contribution in [0.15, 0.2) is 48.5 Å². The first-order valence-corrected chi connectivity index (χ1v) is 6.85. The molecule has 0 aromatic heterocycles. The minimum Gasteiger partial charge on any atom is -0.458 e. The average Bonchev–Trinajstić information content (AvgIpc) is 2.37. The number of benzene rings is 2. The number of hydrogen-bond acceptors (Lipinski definition) is 3. The van der Waals surface area contributed by atoms with Crippen molar-refractivity contribution in [1.29, 1.82) is 0 Å². The molecule has 0 spiro atoms. The van der Waals surface area contributed by atoms with Crippen molar-refractivity contribution in [3.8, 4) is 5.75 Å². The Morgan fingerprint density at radius 2 is 1.95 bits per heavy atom. The van der Waals surface area contributed by atoms with Crippen LogP contribution < -0.4 is 9.64 Å². The van der Waals surface area contributed by atoms with Gasteiger partial charge in [0.1, 0.15) is 11.8 Å². The molecule has 1 N–H and O–H groups in total. The Balaban J connectivity index is 2.11. The van der Waals surface area contributed by atoms with Gasteiger partial charge in [-0.1, -0.05) is 35.9 Å². The molecule has 0 bridgehead atoms. The van der Waals surface area contributed by atoms with E-state index in [1.165, 1.54) is 0 Å². The summed E-state index contributed by atoms with van der Waals surface area (Å²) in [6.45, 7) is 1.67. The van der Waals surface area contributed by atoms with E-state index in [-0.39, 0.29) is 6.04 Å². The van der Waals surface area contributed by atoms with E-state index in [1.807, 2.05) is 60.5 Å². The Bertz CT molecular complexity index is 642. The molecule has 0 amide bonds. The highest BCUT2D eigenvalue weighted by molar-refractivity contribution is 6.30. The average molecular weight is 290 g/mol. The van der Waals surface area contributed by atoms with Crippen molar-refractivity contribution in [2.45, 2.75) is 18.8 Å². The van der Waals surface area contributed by atoms with E-state index in [0.717, 1.165) is 11.3 Å². The molecular weight excluding hydrogens is 274 g/mol. The van der Waals surface area contributed by atoms with E-state index in [2.05, 4.69) is 0 Å². The quantitative estimate of drug-likeness (QED) is 0.870. The maximum Gasteiger partial charge on any atom is 0.230 e.